The van der Waals surface area contributed by atoms with E-state index in [9.17, 15) is 9.18 Å². The summed E-state index contributed by atoms with van der Waals surface area (Å²) in [5.74, 6) is -0.373. The van der Waals surface area contributed by atoms with Crippen LogP contribution in [0, 0.1) is 12.7 Å². The molecule has 0 atom stereocenters. The van der Waals surface area contributed by atoms with Gasteiger partial charge in [0.15, 0.2) is 17.3 Å². The molecule has 1 amide bonds. The van der Waals surface area contributed by atoms with Crippen molar-refractivity contribution < 1.29 is 13.6 Å². The van der Waals surface area contributed by atoms with Gasteiger partial charge in [-0.2, -0.15) is 9.36 Å². The zero-order valence-electron chi connectivity index (χ0n) is 13.4. The highest BCUT2D eigenvalue weighted by molar-refractivity contribution is 7.10. The molecule has 26 heavy (non-hydrogen) atoms. The molecule has 0 aliphatic rings. The van der Waals surface area contributed by atoms with Crippen LogP contribution in [0.3, 0.4) is 0 Å². The Morgan fingerprint density at radius 3 is 2.88 bits per heavy atom. The number of aromatic nitrogens is 5. The molecular weight excluding hydrogens is 359 g/mol. The van der Waals surface area contributed by atoms with Crippen LogP contribution in [0.15, 0.2) is 47.1 Å². The summed E-state index contributed by atoms with van der Waals surface area (Å²) in [7, 11) is 0. The highest BCUT2D eigenvalue weighted by atomic mass is 32.1. The standard InChI is InChI=1S/C16H11FN6O2S/c1-9-13(20-22-23(9)11-6-3-2-5-10(11)17)14-18-16(26-21-14)19-15(24)12-7-4-8-25-12/h2-8H,1H3,(H,18,19,21,24). The van der Waals surface area contributed by atoms with Gasteiger partial charge >= 0.3 is 0 Å². The SMILES string of the molecule is Cc1c(-c2nsc(NC(=O)c3ccco3)n2)nnn1-c1ccccc1F. The van der Waals surface area contributed by atoms with E-state index in [4.69, 9.17) is 4.42 Å². The first kappa shape index (κ1) is 16.1. The maximum Gasteiger partial charge on any atom is 0.293 e. The Kier molecular flexibility index (Phi) is 4.01. The first-order valence-electron chi connectivity index (χ1n) is 7.49. The average molecular weight is 370 g/mol. The Labute approximate surface area is 150 Å². The van der Waals surface area contributed by atoms with Gasteiger partial charge in [-0.1, -0.05) is 17.3 Å². The van der Waals surface area contributed by atoms with Crippen molar-refractivity contribution in [3.8, 4) is 17.2 Å². The van der Waals surface area contributed by atoms with E-state index in [0.717, 1.165) is 11.5 Å². The predicted octanol–water partition coefficient (Wildman–Crippen LogP) is 3.08. The lowest BCUT2D eigenvalue weighted by Gasteiger charge is -2.03. The molecule has 0 radical (unpaired) electrons. The van der Waals surface area contributed by atoms with Gasteiger partial charge in [0.25, 0.3) is 5.91 Å². The molecule has 130 valence electrons. The Morgan fingerprint density at radius 2 is 2.12 bits per heavy atom. The Bertz CT molecular complexity index is 1070. The molecule has 3 heterocycles. The summed E-state index contributed by atoms with van der Waals surface area (Å²) in [6, 6.07) is 9.42. The van der Waals surface area contributed by atoms with E-state index >= 15 is 0 Å². The normalized spacial score (nSPS) is 10.8. The van der Waals surface area contributed by atoms with Gasteiger partial charge in [0.1, 0.15) is 11.5 Å². The number of amides is 1. The molecule has 0 spiro atoms. The number of carbonyl (C=O) groups excluding carboxylic acids is 1. The van der Waals surface area contributed by atoms with Crippen LogP contribution < -0.4 is 5.32 Å². The lowest BCUT2D eigenvalue weighted by atomic mass is 10.3. The van der Waals surface area contributed by atoms with E-state index < -0.39 is 11.7 Å². The van der Waals surface area contributed by atoms with Crippen LogP contribution >= 0.6 is 11.5 Å². The number of furan rings is 1. The van der Waals surface area contributed by atoms with Crippen molar-refractivity contribution in [2.45, 2.75) is 6.92 Å². The van der Waals surface area contributed by atoms with Gasteiger partial charge in [0.2, 0.25) is 5.13 Å². The summed E-state index contributed by atoms with van der Waals surface area (Å²) in [5, 5.41) is 10.9. The number of benzene rings is 1. The van der Waals surface area contributed by atoms with Crippen LogP contribution in [0.4, 0.5) is 9.52 Å². The van der Waals surface area contributed by atoms with Crippen LogP contribution in [-0.2, 0) is 0 Å². The fourth-order valence-corrected chi connectivity index (χ4v) is 2.89. The molecule has 0 aliphatic carbocycles. The highest BCUT2D eigenvalue weighted by Gasteiger charge is 2.19. The van der Waals surface area contributed by atoms with Crippen LogP contribution in [0.25, 0.3) is 17.2 Å². The lowest BCUT2D eigenvalue weighted by Crippen LogP contribution is -2.10. The molecule has 0 saturated carbocycles. The fourth-order valence-electron chi connectivity index (χ4n) is 2.32. The number of nitrogens with one attached hydrogen (secondary N) is 1. The molecule has 4 aromatic rings. The third-order valence-electron chi connectivity index (χ3n) is 3.58. The van der Waals surface area contributed by atoms with Crippen molar-refractivity contribution in [1.29, 1.82) is 0 Å². The van der Waals surface area contributed by atoms with Crippen LogP contribution in [0.1, 0.15) is 16.2 Å². The Morgan fingerprint density at radius 1 is 1.27 bits per heavy atom. The van der Waals surface area contributed by atoms with Crippen molar-refractivity contribution in [2.75, 3.05) is 5.32 Å². The summed E-state index contributed by atoms with van der Waals surface area (Å²) in [5.41, 5.74) is 1.27. The minimum absolute atomic E-state index is 0.170. The third-order valence-corrected chi connectivity index (χ3v) is 4.21. The molecule has 3 aromatic heterocycles. The number of rotatable bonds is 4. The van der Waals surface area contributed by atoms with E-state index in [1.165, 1.54) is 17.0 Å². The highest BCUT2D eigenvalue weighted by Crippen LogP contribution is 2.24. The smallest absolute Gasteiger partial charge is 0.293 e. The van der Waals surface area contributed by atoms with Gasteiger partial charge in [0.05, 0.1) is 12.0 Å². The first-order valence-corrected chi connectivity index (χ1v) is 8.27. The summed E-state index contributed by atoms with van der Waals surface area (Å²) in [6.07, 6.45) is 1.41. The number of hydrogen-bond donors (Lipinski definition) is 1. The second-order valence-corrected chi connectivity index (χ2v) is 5.99. The largest absolute Gasteiger partial charge is 0.459 e. The molecule has 1 aromatic carbocycles. The molecule has 0 aliphatic heterocycles. The zero-order valence-corrected chi connectivity index (χ0v) is 14.2. The van der Waals surface area contributed by atoms with Crippen molar-refractivity contribution in [1.82, 2.24) is 24.4 Å². The number of para-hydroxylation sites is 1. The maximum atomic E-state index is 14.0. The molecule has 4 rings (SSSR count). The van der Waals surface area contributed by atoms with Crippen LogP contribution in [-0.4, -0.2) is 30.3 Å². The Hall–Kier alpha value is -3.40. The number of carbonyl (C=O) groups is 1. The minimum atomic E-state index is -0.426. The molecule has 0 saturated heterocycles. The van der Waals surface area contributed by atoms with Crippen LogP contribution in [0.5, 0.6) is 0 Å². The average Bonchev–Trinajstić information content (AvgIpc) is 3.36. The number of nitrogens with zero attached hydrogens (tertiary/aromatic N) is 5. The monoisotopic (exact) mass is 370 g/mol. The zero-order chi connectivity index (χ0) is 18.1. The molecular formula is C16H11FN6O2S. The Balaban J connectivity index is 1.61. The van der Waals surface area contributed by atoms with Crippen molar-refractivity contribution in [3.05, 3.63) is 59.9 Å². The van der Waals surface area contributed by atoms with Gasteiger partial charge in [-0.05, 0) is 31.2 Å². The lowest BCUT2D eigenvalue weighted by molar-refractivity contribution is 0.0996. The van der Waals surface area contributed by atoms with Gasteiger partial charge in [-0.15, -0.1) is 5.10 Å². The topological polar surface area (TPSA) is 98.7 Å². The van der Waals surface area contributed by atoms with Crippen molar-refractivity contribution >= 4 is 22.6 Å². The summed E-state index contributed by atoms with van der Waals surface area (Å²) >= 11 is 1.00. The van der Waals surface area contributed by atoms with E-state index in [2.05, 4.69) is 25.0 Å². The van der Waals surface area contributed by atoms with E-state index in [0.29, 0.717) is 22.3 Å². The number of hydrogen-bond acceptors (Lipinski definition) is 7. The molecule has 1 N–H and O–H groups in total. The van der Waals surface area contributed by atoms with Crippen LogP contribution in [0.2, 0.25) is 0 Å². The predicted molar refractivity (Wildman–Crippen MR) is 91.6 cm³/mol. The van der Waals surface area contributed by atoms with Gasteiger partial charge in [-0.25, -0.2) is 9.07 Å². The maximum absolute atomic E-state index is 14.0. The number of anilines is 1. The fraction of sp³-hybridized carbons (Fsp3) is 0.0625. The van der Waals surface area contributed by atoms with Crippen molar-refractivity contribution in [3.63, 3.8) is 0 Å². The number of halogens is 1. The second kappa shape index (κ2) is 6.48. The van der Waals surface area contributed by atoms with Gasteiger partial charge in [-0.3, -0.25) is 10.1 Å². The summed E-state index contributed by atoms with van der Waals surface area (Å²) < 4.78 is 24.6. The van der Waals surface area contributed by atoms with E-state index in [-0.39, 0.29) is 11.4 Å². The molecule has 0 unspecified atom stereocenters. The summed E-state index contributed by atoms with van der Waals surface area (Å²) in [6.45, 7) is 1.74. The first-order chi connectivity index (χ1) is 12.6. The van der Waals surface area contributed by atoms with Crippen molar-refractivity contribution in [2.24, 2.45) is 0 Å². The van der Waals surface area contributed by atoms with Gasteiger partial charge in [0, 0.05) is 11.5 Å². The molecule has 0 bridgehead atoms. The summed E-state index contributed by atoms with van der Waals surface area (Å²) in [4.78, 5) is 16.2. The quantitative estimate of drug-likeness (QED) is 0.593. The minimum Gasteiger partial charge on any atom is -0.459 e. The molecule has 0 fully saturated rings. The second-order valence-electron chi connectivity index (χ2n) is 5.24. The molecule has 10 heteroatoms. The van der Waals surface area contributed by atoms with E-state index in [1.54, 1.807) is 37.3 Å². The molecule has 8 nitrogen and oxygen atoms in total. The van der Waals surface area contributed by atoms with E-state index in [1.807, 2.05) is 0 Å². The third kappa shape index (κ3) is 2.86. The van der Waals surface area contributed by atoms with Gasteiger partial charge < -0.3 is 4.42 Å².